The van der Waals surface area contributed by atoms with Gasteiger partial charge in [0.05, 0.1) is 0 Å². The fraction of sp³-hybridized carbons (Fsp3) is 0.647. The van der Waals surface area contributed by atoms with Crippen LogP contribution in [0.15, 0.2) is 24.3 Å². The lowest BCUT2D eigenvalue weighted by molar-refractivity contribution is 0.593. The van der Waals surface area contributed by atoms with E-state index in [9.17, 15) is 0 Å². The van der Waals surface area contributed by atoms with E-state index in [0.29, 0.717) is 6.04 Å². The minimum absolute atomic E-state index is 0.631. The Bertz CT molecular complexity index is 302. The number of nitrogens with one attached hydrogen (secondary N) is 1. The number of anilines is 1. The van der Waals surface area contributed by atoms with Crippen LogP contribution < -0.4 is 5.32 Å². The standard InChI is InChI=1S/C17H29N/c1-4-7-9-15-11-13-17(14-12-15)18-16(6-3)10-8-5-2/h11-14,16,18H,4-10H2,1-3H3. The van der Waals surface area contributed by atoms with Gasteiger partial charge in [-0.05, 0) is 43.4 Å². The zero-order valence-corrected chi connectivity index (χ0v) is 12.3. The van der Waals surface area contributed by atoms with Crippen LogP contribution in [0.25, 0.3) is 0 Å². The average Bonchev–Trinajstić information content (AvgIpc) is 2.42. The monoisotopic (exact) mass is 247 g/mol. The second-order valence-electron chi connectivity index (χ2n) is 5.19. The van der Waals surface area contributed by atoms with Crippen LogP contribution in [0.1, 0.15) is 64.9 Å². The summed E-state index contributed by atoms with van der Waals surface area (Å²) in [5, 5.41) is 3.65. The van der Waals surface area contributed by atoms with E-state index in [-0.39, 0.29) is 0 Å². The molecule has 0 heterocycles. The van der Waals surface area contributed by atoms with Crippen LogP contribution in [0.3, 0.4) is 0 Å². The van der Waals surface area contributed by atoms with Gasteiger partial charge in [-0.2, -0.15) is 0 Å². The molecule has 1 N–H and O–H groups in total. The molecule has 0 amide bonds. The van der Waals surface area contributed by atoms with Crippen molar-refractivity contribution in [3.63, 3.8) is 0 Å². The lowest BCUT2D eigenvalue weighted by atomic mass is 10.1. The Morgan fingerprint density at radius 2 is 1.61 bits per heavy atom. The summed E-state index contributed by atoms with van der Waals surface area (Å²) in [7, 11) is 0. The van der Waals surface area contributed by atoms with Crippen molar-refractivity contribution in [3.05, 3.63) is 29.8 Å². The molecule has 0 aliphatic carbocycles. The van der Waals surface area contributed by atoms with Crippen LogP contribution in [-0.4, -0.2) is 6.04 Å². The third-order valence-electron chi connectivity index (χ3n) is 3.54. The molecule has 0 radical (unpaired) electrons. The van der Waals surface area contributed by atoms with Crippen molar-refractivity contribution in [2.24, 2.45) is 0 Å². The summed E-state index contributed by atoms with van der Waals surface area (Å²) in [5.41, 5.74) is 2.74. The third kappa shape index (κ3) is 5.57. The van der Waals surface area contributed by atoms with Crippen molar-refractivity contribution in [1.29, 1.82) is 0 Å². The quantitative estimate of drug-likeness (QED) is 0.615. The molecule has 0 bridgehead atoms. The van der Waals surface area contributed by atoms with E-state index in [2.05, 4.69) is 50.4 Å². The first-order valence-corrected chi connectivity index (χ1v) is 7.65. The molecule has 1 heteroatoms. The van der Waals surface area contributed by atoms with E-state index in [4.69, 9.17) is 0 Å². The van der Waals surface area contributed by atoms with Crippen molar-refractivity contribution in [1.82, 2.24) is 0 Å². The van der Waals surface area contributed by atoms with Gasteiger partial charge in [0, 0.05) is 11.7 Å². The van der Waals surface area contributed by atoms with Gasteiger partial charge in [-0.25, -0.2) is 0 Å². The van der Waals surface area contributed by atoms with Gasteiger partial charge >= 0.3 is 0 Å². The first-order valence-electron chi connectivity index (χ1n) is 7.65. The number of rotatable bonds is 9. The maximum Gasteiger partial charge on any atom is 0.0342 e. The average molecular weight is 247 g/mol. The smallest absolute Gasteiger partial charge is 0.0342 e. The Balaban J connectivity index is 2.45. The van der Waals surface area contributed by atoms with E-state index < -0.39 is 0 Å². The highest BCUT2D eigenvalue weighted by molar-refractivity contribution is 5.45. The number of aryl methyl sites for hydroxylation is 1. The van der Waals surface area contributed by atoms with Gasteiger partial charge in [-0.15, -0.1) is 0 Å². The minimum Gasteiger partial charge on any atom is -0.382 e. The zero-order chi connectivity index (χ0) is 13.2. The summed E-state index contributed by atoms with van der Waals surface area (Å²) in [6.07, 6.45) is 8.87. The van der Waals surface area contributed by atoms with Crippen molar-refractivity contribution in [2.45, 2.75) is 71.8 Å². The molecule has 1 aromatic rings. The van der Waals surface area contributed by atoms with Crippen LogP contribution in [0.2, 0.25) is 0 Å². The van der Waals surface area contributed by atoms with Gasteiger partial charge in [0.25, 0.3) is 0 Å². The predicted molar refractivity (Wildman–Crippen MR) is 82.3 cm³/mol. The molecular weight excluding hydrogens is 218 g/mol. The fourth-order valence-corrected chi connectivity index (χ4v) is 2.21. The summed E-state index contributed by atoms with van der Waals surface area (Å²) in [6.45, 7) is 6.77. The van der Waals surface area contributed by atoms with Crippen LogP contribution in [-0.2, 0) is 6.42 Å². The van der Waals surface area contributed by atoms with Crippen molar-refractivity contribution < 1.29 is 0 Å². The Morgan fingerprint density at radius 3 is 2.17 bits per heavy atom. The lowest BCUT2D eigenvalue weighted by Crippen LogP contribution is -2.18. The number of unbranched alkanes of at least 4 members (excludes halogenated alkanes) is 2. The minimum atomic E-state index is 0.631. The third-order valence-corrected chi connectivity index (χ3v) is 3.54. The Morgan fingerprint density at radius 1 is 0.944 bits per heavy atom. The lowest BCUT2D eigenvalue weighted by Gasteiger charge is -2.18. The van der Waals surface area contributed by atoms with Gasteiger partial charge < -0.3 is 5.32 Å². The predicted octanol–water partition coefficient (Wildman–Crippen LogP) is 5.41. The highest BCUT2D eigenvalue weighted by atomic mass is 14.9. The van der Waals surface area contributed by atoms with E-state index in [1.807, 2.05) is 0 Å². The highest BCUT2D eigenvalue weighted by Gasteiger charge is 2.05. The van der Waals surface area contributed by atoms with Crippen molar-refractivity contribution in [3.8, 4) is 0 Å². The summed E-state index contributed by atoms with van der Waals surface area (Å²) in [6, 6.07) is 9.64. The summed E-state index contributed by atoms with van der Waals surface area (Å²) >= 11 is 0. The molecule has 1 unspecified atom stereocenters. The Hall–Kier alpha value is -0.980. The SMILES string of the molecule is CCCCc1ccc(NC(CC)CCCC)cc1. The van der Waals surface area contributed by atoms with Gasteiger partial charge in [0.15, 0.2) is 0 Å². The van der Waals surface area contributed by atoms with Crippen LogP contribution in [0.5, 0.6) is 0 Å². The first-order chi connectivity index (χ1) is 8.80. The maximum atomic E-state index is 3.65. The molecule has 18 heavy (non-hydrogen) atoms. The van der Waals surface area contributed by atoms with E-state index >= 15 is 0 Å². The van der Waals surface area contributed by atoms with Crippen LogP contribution in [0, 0.1) is 0 Å². The molecule has 0 saturated heterocycles. The molecule has 0 spiro atoms. The second kappa shape index (κ2) is 9.02. The summed E-state index contributed by atoms with van der Waals surface area (Å²) < 4.78 is 0. The van der Waals surface area contributed by atoms with Gasteiger partial charge in [0.2, 0.25) is 0 Å². The number of hydrogen-bond donors (Lipinski definition) is 1. The van der Waals surface area contributed by atoms with E-state index in [1.165, 1.54) is 56.2 Å². The number of hydrogen-bond acceptors (Lipinski definition) is 1. The largest absolute Gasteiger partial charge is 0.382 e. The first kappa shape index (κ1) is 15.1. The summed E-state index contributed by atoms with van der Waals surface area (Å²) in [4.78, 5) is 0. The number of benzene rings is 1. The molecule has 1 aromatic carbocycles. The molecule has 1 nitrogen and oxygen atoms in total. The molecular formula is C17H29N. The van der Waals surface area contributed by atoms with Crippen LogP contribution in [0.4, 0.5) is 5.69 Å². The van der Waals surface area contributed by atoms with E-state index in [0.717, 1.165) is 0 Å². The molecule has 0 fully saturated rings. The second-order valence-corrected chi connectivity index (χ2v) is 5.19. The molecule has 1 atom stereocenters. The molecule has 1 rings (SSSR count). The molecule has 0 saturated carbocycles. The van der Waals surface area contributed by atoms with Gasteiger partial charge in [-0.1, -0.05) is 52.2 Å². The van der Waals surface area contributed by atoms with Crippen molar-refractivity contribution >= 4 is 5.69 Å². The Kier molecular flexibility index (Phi) is 7.55. The van der Waals surface area contributed by atoms with Crippen LogP contribution >= 0.6 is 0 Å². The van der Waals surface area contributed by atoms with Gasteiger partial charge in [0.1, 0.15) is 0 Å². The molecule has 0 aliphatic rings. The fourth-order valence-electron chi connectivity index (χ4n) is 2.21. The Labute approximate surface area is 113 Å². The normalized spacial score (nSPS) is 12.4. The topological polar surface area (TPSA) is 12.0 Å². The highest BCUT2D eigenvalue weighted by Crippen LogP contribution is 2.16. The van der Waals surface area contributed by atoms with Crippen molar-refractivity contribution in [2.75, 3.05) is 5.32 Å². The van der Waals surface area contributed by atoms with Gasteiger partial charge in [-0.3, -0.25) is 0 Å². The molecule has 0 aliphatic heterocycles. The zero-order valence-electron chi connectivity index (χ0n) is 12.3. The van der Waals surface area contributed by atoms with E-state index in [1.54, 1.807) is 0 Å². The molecule has 102 valence electrons. The summed E-state index contributed by atoms with van der Waals surface area (Å²) in [5.74, 6) is 0. The molecule has 0 aromatic heterocycles. The maximum absolute atomic E-state index is 3.65.